The van der Waals surface area contributed by atoms with Crippen molar-refractivity contribution in [1.29, 1.82) is 0 Å². The van der Waals surface area contributed by atoms with Gasteiger partial charge in [-0.2, -0.15) is 0 Å². The van der Waals surface area contributed by atoms with Gasteiger partial charge in [-0.1, -0.05) is 0 Å². The number of hydrogen-bond donors (Lipinski definition) is 1. The van der Waals surface area contributed by atoms with Crippen molar-refractivity contribution >= 4 is 15.7 Å². The first-order chi connectivity index (χ1) is 5.94. The summed E-state index contributed by atoms with van der Waals surface area (Å²) < 4.78 is 22.5. The number of amides is 1. The Kier molecular flexibility index (Phi) is 1.69. The number of sulfone groups is 1. The Morgan fingerprint density at radius 3 is 2.62 bits per heavy atom. The second-order valence-electron chi connectivity index (χ2n) is 3.78. The number of hydrogen-bond acceptors (Lipinski definition) is 4. The monoisotopic (exact) mass is 204 g/mol. The third kappa shape index (κ3) is 1.34. The number of nitrogens with zero attached hydrogens (tertiary/aromatic N) is 1. The summed E-state index contributed by atoms with van der Waals surface area (Å²) in [7, 11) is -1.17. The van der Waals surface area contributed by atoms with Crippen LogP contribution in [0.3, 0.4) is 0 Å². The largest absolute Gasteiger partial charge is 0.336 e. The van der Waals surface area contributed by atoms with Crippen LogP contribution in [0.4, 0.5) is 0 Å². The van der Waals surface area contributed by atoms with Crippen LogP contribution in [-0.4, -0.2) is 50.0 Å². The van der Waals surface area contributed by atoms with Gasteiger partial charge < -0.3 is 5.32 Å². The van der Waals surface area contributed by atoms with Crippen LogP contribution in [0.1, 0.15) is 6.42 Å². The fourth-order valence-corrected chi connectivity index (χ4v) is 3.95. The van der Waals surface area contributed by atoms with Crippen molar-refractivity contribution in [2.75, 3.05) is 25.1 Å². The van der Waals surface area contributed by atoms with Gasteiger partial charge in [-0.05, 0) is 13.5 Å². The Balaban J connectivity index is 2.29. The molecular weight excluding hydrogens is 192 g/mol. The number of likely N-dealkylation sites (N-methyl/N-ethyl adjacent to an activating group) is 1. The van der Waals surface area contributed by atoms with E-state index in [1.54, 1.807) is 11.9 Å². The Hall–Kier alpha value is -0.620. The van der Waals surface area contributed by atoms with Crippen LogP contribution in [0.5, 0.6) is 0 Å². The molecule has 0 aromatic rings. The molecule has 0 radical (unpaired) electrons. The molecule has 1 atom stereocenters. The lowest BCUT2D eigenvalue weighted by atomic mass is 10.1. The molecule has 0 aromatic carbocycles. The van der Waals surface area contributed by atoms with E-state index in [9.17, 15) is 13.2 Å². The Labute approximate surface area is 77.0 Å². The summed E-state index contributed by atoms with van der Waals surface area (Å²) in [5, 5.41) is 2.74. The first-order valence-electron chi connectivity index (χ1n) is 4.16. The first kappa shape index (κ1) is 8.96. The minimum atomic E-state index is -2.95. The zero-order chi connectivity index (χ0) is 9.69. The maximum absolute atomic E-state index is 11.3. The van der Waals surface area contributed by atoms with Gasteiger partial charge >= 0.3 is 0 Å². The molecule has 0 aromatic heterocycles. The van der Waals surface area contributed by atoms with Crippen molar-refractivity contribution in [1.82, 2.24) is 10.2 Å². The summed E-state index contributed by atoms with van der Waals surface area (Å²) in [5.41, 5.74) is -0.601. The normalized spacial score (nSPS) is 38.4. The van der Waals surface area contributed by atoms with Crippen molar-refractivity contribution < 1.29 is 13.2 Å². The lowest BCUT2D eigenvalue weighted by Gasteiger charge is -2.29. The van der Waals surface area contributed by atoms with Gasteiger partial charge in [0.2, 0.25) is 5.91 Å². The number of carbonyl (C=O) groups excluding carboxylic acids is 1. The molecule has 2 aliphatic rings. The van der Waals surface area contributed by atoms with Gasteiger partial charge in [-0.3, -0.25) is 9.69 Å². The highest BCUT2D eigenvalue weighted by atomic mass is 32.2. The zero-order valence-corrected chi connectivity index (χ0v) is 8.23. The van der Waals surface area contributed by atoms with E-state index < -0.39 is 15.5 Å². The topological polar surface area (TPSA) is 66.5 Å². The van der Waals surface area contributed by atoms with Crippen molar-refractivity contribution in [3.05, 3.63) is 0 Å². The molecule has 6 heteroatoms. The highest BCUT2D eigenvalue weighted by Gasteiger charge is 2.50. The van der Waals surface area contributed by atoms with Gasteiger partial charge in [0.15, 0.2) is 9.84 Å². The summed E-state index contributed by atoms with van der Waals surface area (Å²) in [6.45, 7) is 0.301. The van der Waals surface area contributed by atoms with Gasteiger partial charge in [-0.25, -0.2) is 8.42 Å². The lowest BCUT2D eigenvalue weighted by Crippen LogP contribution is -2.51. The molecule has 1 unspecified atom stereocenters. The van der Waals surface area contributed by atoms with Crippen LogP contribution in [0.15, 0.2) is 0 Å². The van der Waals surface area contributed by atoms with E-state index in [2.05, 4.69) is 5.32 Å². The molecule has 0 saturated carbocycles. The molecule has 2 fully saturated rings. The third-order valence-corrected chi connectivity index (χ3v) is 4.51. The average molecular weight is 204 g/mol. The second kappa shape index (κ2) is 2.45. The molecular formula is C7H12N2O3S. The van der Waals surface area contributed by atoms with Gasteiger partial charge in [0.25, 0.3) is 0 Å². The SMILES string of the molecule is CN1CC(=O)NC12CCS(=O)(=O)C2. The Bertz CT molecular complexity index is 351. The van der Waals surface area contributed by atoms with Crippen LogP contribution < -0.4 is 5.32 Å². The first-order valence-corrected chi connectivity index (χ1v) is 5.98. The van der Waals surface area contributed by atoms with E-state index in [1.807, 2.05) is 0 Å². The average Bonchev–Trinajstić information content (AvgIpc) is 2.38. The minimum absolute atomic E-state index is 0.0578. The van der Waals surface area contributed by atoms with Crippen LogP contribution in [0.2, 0.25) is 0 Å². The fourth-order valence-electron chi connectivity index (χ4n) is 1.99. The van der Waals surface area contributed by atoms with E-state index >= 15 is 0 Å². The molecule has 2 heterocycles. The maximum Gasteiger partial charge on any atom is 0.235 e. The predicted octanol–water partition coefficient (Wildman–Crippen LogP) is -1.44. The molecule has 2 saturated heterocycles. The van der Waals surface area contributed by atoms with E-state index in [-0.39, 0.29) is 17.4 Å². The summed E-state index contributed by atoms with van der Waals surface area (Å²) in [5.74, 6) is 0.152. The second-order valence-corrected chi connectivity index (χ2v) is 5.96. The maximum atomic E-state index is 11.3. The van der Waals surface area contributed by atoms with E-state index in [1.165, 1.54) is 0 Å². The molecule has 1 amide bonds. The van der Waals surface area contributed by atoms with E-state index in [4.69, 9.17) is 0 Å². The van der Waals surface area contributed by atoms with Gasteiger partial charge in [-0.15, -0.1) is 0 Å². The van der Waals surface area contributed by atoms with Crippen LogP contribution in [0, 0.1) is 0 Å². The summed E-state index contributed by atoms with van der Waals surface area (Å²) >= 11 is 0. The molecule has 0 bridgehead atoms. The van der Waals surface area contributed by atoms with E-state index in [0.717, 1.165) is 0 Å². The van der Waals surface area contributed by atoms with Crippen molar-refractivity contribution in [2.24, 2.45) is 0 Å². The highest BCUT2D eigenvalue weighted by molar-refractivity contribution is 7.91. The number of rotatable bonds is 0. The van der Waals surface area contributed by atoms with Crippen LogP contribution >= 0.6 is 0 Å². The molecule has 1 N–H and O–H groups in total. The van der Waals surface area contributed by atoms with E-state index in [0.29, 0.717) is 13.0 Å². The van der Waals surface area contributed by atoms with Crippen molar-refractivity contribution in [2.45, 2.75) is 12.1 Å². The fraction of sp³-hybridized carbons (Fsp3) is 0.857. The molecule has 13 heavy (non-hydrogen) atoms. The van der Waals surface area contributed by atoms with Gasteiger partial charge in [0.1, 0.15) is 5.66 Å². The number of carbonyl (C=O) groups is 1. The molecule has 2 aliphatic heterocycles. The highest BCUT2D eigenvalue weighted by Crippen LogP contribution is 2.29. The van der Waals surface area contributed by atoms with Crippen LogP contribution in [0.25, 0.3) is 0 Å². The van der Waals surface area contributed by atoms with Crippen molar-refractivity contribution in [3.8, 4) is 0 Å². The van der Waals surface area contributed by atoms with Gasteiger partial charge in [0.05, 0.1) is 18.1 Å². The Morgan fingerprint density at radius 1 is 1.54 bits per heavy atom. The van der Waals surface area contributed by atoms with Gasteiger partial charge in [0, 0.05) is 0 Å². The quantitative estimate of drug-likeness (QED) is 0.525. The third-order valence-electron chi connectivity index (χ3n) is 2.77. The summed E-state index contributed by atoms with van der Waals surface area (Å²) in [4.78, 5) is 12.9. The molecule has 5 nitrogen and oxygen atoms in total. The summed E-state index contributed by atoms with van der Waals surface area (Å²) in [6, 6.07) is 0. The molecule has 0 aliphatic carbocycles. The lowest BCUT2D eigenvalue weighted by molar-refractivity contribution is -0.118. The zero-order valence-electron chi connectivity index (χ0n) is 7.41. The number of nitrogens with one attached hydrogen (secondary N) is 1. The molecule has 2 rings (SSSR count). The van der Waals surface area contributed by atoms with Crippen molar-refractivity contribution in [3.63, 3.8) is 0 Å². The summed E-state index contributed by atoms with van der Waals surface area (Å²) in [6.07, 6.45) is 0.511. The standard InChI is InChI=1S/C7H12N2O3S/c1-9-4-6(10)8-7(9)2-3-13(11,12)5-7/h2-5H2,1H3,(H,8,10). The molecule has 1 spiro atoms. The molecule has 74 valence electrons. The minimum Gasteiger partial charge on any atom is -0.336 e. The predicted molar refractivity (Wildman–Crippen MR) is 46.8 cm³/mol. The van der Waals surface area contributed by atoms with Crippen LogP contribution in [-0.2, 0) is 14.6 Å². The smallest absolute Gasteiger partial charge is 0.235 e. The Morgan fingerprint density at radius 2 is 2.23 bits per heavy atom.